The lowest BCUT2D eigenvalue weighted by atomic mass is 10.1. The van der Waals surface area contributed by atoms with Crippen LogP contribution >= 0.6 is 27.0 Å². The van der Waals surface area contributed by atoms with Crippen molar-refractivity contribution in [3.05, 3.63) is 71.3 Å². The fourth-order valence-electron chi connectivity index (χ4n) is 7.80. The van der Waals surface area contributed by atoms with Gasteiger partial charge in [0.25, 0.3) is 0 Å². The highest BCUT2D eigenvalue weighted by Gasteiger charge is 2.42. The number of aromatic amines is 2. The molecule has 22 heteroatoms. The smallest absolute Gasteiger partial charge is 0.356 e. The van der Waals surface area contributed by atoms with Gasteiger partial charge >= 0.3 is 24.0 Å². The molecule has 0 aromatic carbocycles. The van der Waals surface area contributed by atoms with Crippen molar-refractivity contribution in [2.24, 2.45) is 0 Å². The highest BCUT2D eigenvalue weighted by atomic mass is 32.1. The van der Waals surface area contributed by atoms with Crippen LogP contribution in [0.1, 0.15) is 45.2 Å². The number of nitrogens with one attached hydrogen (secondary N) is 4. The van der Waals surface area contributed by atoms with E-state index >= 15 is 0 Å². The van der Waals surface area contributed by atoms with Crippen LogP contribution in [0.5, 0.6) is 0 Å². The Balaban J connectivity index is 0.000000173. The van der Waals surface area contributed by atoms with Crippen molar-refractivity contribution in [3.8, 4) is 0 Å². The molecule has 0 saturated carbocycles. The average Bonchev–Trinajstić information content (AvgIpc) is 4.01. The molecule has 306 valence electrons. The van der Waals surface area contributed by atoms with E-state index < -0.39 is 18.0 Å². The fourth-order valence-corrected chi connectivity index (χ4v) is 7.80. The van der Waals surface area contributed by atoms with Crippen molar-refractivity contribution >= 4 is 108 Å². The van der Waals surface area contributed by atoms with Crippen LogP contribution in [-0.4, -0.2) is 115 Å². The Hall–Kier alpha value is -6.68. The van der Waals surface area contributed by atoms with Crippen LogP contribution in [0.25, 0.3) is 22.1 Å². The quantitative estimate of drug-likeness (QED) is 0.156. The summed E-state index contributed by atoms with van der Waals surface area (Å²) in [6.45, 7) is 6.80. The van der Waals surface area contributed by atoms with Gasteiger partial charge in [-0.25, -0.2) is 39.1 Å². The second kappa shape index (κ2) is 15.9. The van der Waals surface area contributed by atoms with Gasteiger partial charge in [0.2, 0.25) is 0 Å². The fraction of sp³-hybridized carbons (Fsp3) is 0.297. The zero-order chi connectivity index (χ0) is 39.5. The van der Waals surface area contributed by atoms with Crippen molar-refractivity contribution in [1.82, 2.24) is 40.3 Å². The van der Waals surface area contributed by atoms with E-state index in [1.165, 1.54) is 13.2 Å². The first-order valence-electron chi connectivity index (χ1n) is 18.2. The summed E-state index contributed by atoms with van der Waals surface area (Å²) in [6.07, 6.45) is 1.60. The molecule has 2 saturated heterocycles. The molecular formula is C37H40N14O6S2. The molecule has 4 amide bonds. The summed E-state index contributed by atoms with van der Waals surface area (Å²) in [5, 5.41) is 30.4. The molecule has 4 bridgehead atoms. The molecule has 4 aliphatic rings. The molecule has 6 aromatic rings. The number of H-pyrrole nitrogens is 2. The number of methoxy groups -OCH3 is 1. The Bertz CT molecular complexity index is 2640. The van der Waals surface area contributed by atoms with Gasteiger partial charge in [0.05, 0.1) is 41.3 Å². The molecule has 59 heavy (non-hydrogen) atoms. The number of aromatic carboxylic acids is 1. The summed E-state index contributed by atoms with van der Waals surface area (Å²) in [5.74, 6) is -0.0722. The van der Waals surface area contributed by atoms with E-state index in [0.29, 0.717) is 46.5 Å². The van der Waals surface area contributed by atoms with Gasteiger partial charge in [0.1, 0.15) is 0 Å². The number of aryl methyl sites for hydroxylation is 2. The largest absolute Gasteiger partial charge is 0.477 e. The second-order valence-corrected chi connectivity index (χ2v) is 14.1. The number of anilines is 6. The summed E-state index contributed by atoms with van der Waals surface area (Å²) < 4.78 is 4.78. The van der Waals surface area contributed by atoms with Gasteiger partial charge in [-0.3, -0.25) is 30.6 Å². The number of carbonyl (C=O) groups is 4. The lowest BCUT2D eigenvalue weighted by Crippen LogP contribution is -2.48. The summed E-state index contributed by atoms with van der Waals surface area (Å²) in [7, 11) is 1.31. The van der Waals surface area contributed by atoms with E-state index in [2.05, 4.69) is 60.8 Å². The number of fused-ring (bicyclic) bond motifs is 10. The lowest BCUT2D eigenvalue weighted by molar-refractivity contribution is 0.0593. The van der Waals surface area contributed by atoms with Gasteiger partial charge in [0, 0.05) is 37.6 Å². The van der Waals surface area contributed by atoms with Crippen molar-refractivity contribution < 1.29 is 29.0 Å². The van der Waals surface area contributed by atoms with Crippen molar-refractivity contribution in [2.75, 3.05) is 63.5 Å². The van der Waals surface area contributed by atoms with Crippen LogP contribution in [0, 0.1) is 13.8 Å². The van der Waals surface area contributed by atoms with E-state index in [1.54, 1.807) is 21.9 Å². The molecular weight excluding hydrogens is 801 g/mol. The van der Waals surface area contributed by atoms with E-state index in [1.807, 2.05) is 44.2 Å². The molecule has 10 heterocycles. The van der Waals surface area contributed by atoms with E-state index in [9.17, 15) is 24.3 Å². The number of ether oxygens (including phenoxy) is 1. The molecule has 5 N–H and O–H groups in total. The summed E-state index contributed by atoms with van der Waals surface area (Å²) in [6, 6.07) is 13.2. The maximum atomic E-state index is 13.2. The van der Waals surface area contributed by atoms with Crippen molar-refractivity contribution in [1.29, 1.82) is 0 Å². The molecule has 0 aliphatic carbocycles. The molecule has 10 rings (SSSR count). The minimum Gasteiger partial charge on any atom is -0.477 e. The number of hydrogen-bond donors (Lipinski definition) is 5. The molecule has 20 nitrogen and oxygen atoms in total. The Morgan fingerprint density at radius 2 is 1.14 bits per heavy atom. The van der Waals surface area contributed by atoms with E-state index in [0.717, 1.165) is 60.6 Å². The van der Waals surface area contributed by atoms with Gasteiger partial charge in [-0.1, -0.05) is 0 Å². The number of carbonyl (C=O) groups excluding carboxylic acids is 3. The number of carboxylic acids is 1. The van der Waals surface area contributed by atoms with Crippen molar-refractivity contribution in [3.63, 3.8) is 0 Å². The predicted octanol–water partition coefficient (Wildman–Crippen LogP) is 4.29. The molecule has 2 atom stereocenters. The van der Waals surface area contributed by atoms with Crippen molar-refractivity contribution in [2.45, 2.75) is 38.8 Å². The average molecular weight is 841 g/mol. The first-order valence-corrected chi connectivity index (χ1v) is 18.2. The van der Waals surface area contributed by atoms with E-state index in [4.69, 9.17) is 4.74 Å². The third kappa shape index (κ3) is 7.24. The molecule has 0 radical (unpaired) electrons. The number of nitrogens with zero attached hydrogens (tertiary/aromatic N) is 10. The first-order chi connectivity index (χ1) is 27.6. The summed E-state index contributed by atoms with van der Waals surface area (Å²) >= 11 is 0. The number of aromatic nitrogens is 8. The third-order valence-electron chi connectivity index (χ3n) is 10.5. The van der Waals surface area contributed by atoms with Gasteiger partial charge in [-0.15, -0.1) is 0 Å². The number of hydrogen-bond acceptors (Lipinski definition) is 13. The number of pyridine rings is 4. The molecule has 2 fully saturated rings. The van der Waals surface area contributed by atoms with Crippen LogP contribution in [0.3, 0.4) is 0 Å². The predicted molar refractivity (Wildman–Crippen MR) is 229 cm³/mol. The lowest BCUT2D eigenvalue weighted by Gasteiger charge is -2.35. The number of esters is 1. The van der Waals surface area contributed by atoms with Crippen LogP contribution in [0.4, 0.5) is 44.2 Å². The van der Waals surface area contributed by atoms with Gasteiger partial charge in [0.15, 0.2) is 46.0 Å². The zero-order valence-corrected chi connectivity index (χ0v) is 34.0. The first kappa shape index (κ1) is 40.5. The molecule has 4 aliphatic heterocycles. The van der Waals surface area contributed by atoms with Gasteiger partial charge in [-0.05, 0) is 75.2 Å². The number of carboxylic acid groups (broad SMARTS) is 1. The maximum Gasteiger partial charge on any atom is 0.356 e. The summed E-state index contributed by atoms with van der Waals surface area (Å²) in [4.78, 5) is 74.6. The SMILES string of the molecule is COC(=O)c1ccc2c(n1)N(C(=O)Nc1n[nH]c3nc(C)ccc13)[C@H]1CCN2C1.Cc1ccc2c(NC(=O)N3c4nc(C(=O)O)ccc4N4CC[C@H]3C4)n[nH]c2n1.S.S. The minimum atomic E-state index is -1.13. The van der Waals surface area contributed by atoms with Gasteiger partial charge in [-0.2, -0.15) is 37.2 Å². The van der Waals surface area contributed by atoms with Crippen LogP contribution in [0.2, 0.25) is 0 Å². The molecule has 0 unspecified atom stereocenters. The van der Waals surface area contributed by atoms with Crippen LogP contribution in [-0.2, 0) is 4.74 Å². The third-order valence-corrected chi connectivity index (χ3v) is 10.5. The zero-order valence-electron chi connectivity index (χ0n) is 32.0. The highest BCUT2D eigenvalue weighted by Crippen LogP contribution is 2.41. The summed E-state index contributed by atoms with van der Waals surface area (Å²) in [5.41, 5.74) is 4.55. The van der Waals surface area contributed by atoms with Gasteiger partial charge < -0.3 is 19.6 Å². The topological polar surface area (TPSA) is 244 Å². The number of amides is 4. The number of urea groups is 2. The van der Waals surface area contributed by atoms with E-state index in [-0.39, 0.29) is 56.5 Å². The van der Waals surface area contributed by atoms with Crippen LogP contribution < -0.4 is 30.2 Å². The number of rotatable bonds is 4. The van der Waals surface area contributed by atoms with Crippen LogP contribution in [0.15, 0.2) is 48.5 Å². The highest BCUT2D eigenvalue weighted by molar-refractivity contribution is 7.59. The maximum absolute atomic E-state index is 13.2. The second-order valence-electron chi connectivity index (χ2n) is 14.1. The molecule has 6 aromatic heterocycles. The minimum absolute atomic E-state index is 0. The Morgan fingerprint density at radius 3 is 1.59 bits per heavy atom. The Kier molecular flexibility index (Phi) is 10.9. The normalized spacial score (nSPS) is 16.9. The Labute approximate surface area is 349 Å². The Morgan fingerprint density at radius 1 is 0.678 bits per heavy atom. The molecule has 0 spiro atoms. The monoisotopic (exact) mass is 840 g/mol. The standard InChI is InChI=1S/C19H19N7O3.C18H17N7O3.2H2S/c1-10-3-4-12-15(20-10)23-24-16(12)22-19(28)26-11-7-8-25(9-11)14-6-5-13(18(27)29-2)21-17(14)26;1-9-2-3-11-14(19-9)22-23-15(11)21-18(28)25-10-6-7-24(8-10)13-5-4-12(17(26)27)20-16(13)25;;/h3-6,11H,7-9H2,1-2H3,(H2,20,22,23,24,28);2-5,10H,6-8H2,1H3,(H,26,27)(H2,19,21,22,23,28);2*1H2/t11-;10-;;/m00../s1.